The van der Waals surface area contributed by atoms with E-state index in [-0.39, 0.29) is 12.2 Å². The fraction of sp³-hybridized carbons (Fsp3) is 0.579. The molecule has 0 unspecified atom stereocenters. The van der Waals surface area contributed by atoms with Crippen molar-refractivity contribution in [2.24, 2.45) is 0 Å². The number of carbonyl (C=O) groups is 1. The van der Waals surface area contributed by atoms with Gasteiger partial charge in [0.2, 0.25) is 0 Å². The van der Waals surface area contributed by atoms with Gasteiger partial charge < -0.3 is 9.64 Å². The maximum absolute atomic E-state index is 12.2. The minimum Gasteiger partial charge on any atom is -0.446 e. The van der Waals surface area contributed by atoms with Crippen LogP contribution in [-0.4, -0.2) is 35.2 Å². The lowest BCUT2D eigenvalue weighted by atomic mass is 9.98. The molecule has 0 aromatic carbocycles. The lowest BCUT2D eigenvalue weighted by molar-refractivity contribution is 0.0442. The van der Waals surface area contributed by atoms with E-state index in [2.05, 4.69) is 11.1 Å². The molecule has 1 aliphatic carbocycles. The van der Waals surface area contributed by atoms with E-state index in [0.29, 0.717) is 0 Å². The number of carbonyl (C=O) groups excluding carboxylic acids is 1. The number of aryl methyl sites for hydroxylation is 1. The van der Waals surface area contributed by atoms with Crippen LogP contribution in [0.4, 0.5) is 4.79 Å². The van der Waals surface area contributed by atoms with Gasteiger partial charge in [0.25, 0.3) is 0 Å². The Bertz CT molecular complexity index is 566. The molecular formula is C19H26N2O2. The highest BCUT2D eigenvalue weighted by atomic mass is 16.6. The van der Waals surface area contributed by atoms with Gasteiger partial charge in [0.1, 0.15) is 6.10 Å². The van der Waals surface area contributed by atoms with Gasteiger partial charge in [-0.3, -0.25) is 4.98 Å². The SMILES string of the molecule is Cc1cccc(C=C2CCN(C(=O)OC3CCCCC3)CC2)n1. The Kier molecular flexibility index (Phi) is 5.31. The quantitative estimate of drug-likeness (QED) is 0.815. The van der Waals surface area contributed by atoms with Crippen LogP contribution in [0.3, 0.4) is 0 Å². The zero-order valence-corrected chi connectivity index (χ0v) is 14.0. The van der Waals surface area contributed by atoms with E-state index in [1.54, 1.807) is 0 Å². The summed E-state index contributed by atoms with van der Waals surface area (Å²) in [6.45, 7) is 3.51. The molecule has 1 aromatic rings. The second-order valence-electron chi connectivity index (χ2n) is 6.64. The highest BCUT2D eigenvalue weighted by Gasteiger charge is 2.24. The third kappa shape index (κ3) is 4.57. The van der Waals surface area contributed by atoms with Gasteiger partial charge >= 0.3 is 6.09 Å². The van der Waals surface area contributed by atoms with Crippen molar-refractivity contribution < 1.29 is 9.53 Å². The van der Waals surface area contributed by atoms with Gasteiger partial charge in [-0.25, -0.2) is 4.79 Å². The van der Waals surface area contributed by atoms with Crippen LogP contribution in [0, 0.1) is 6.92 Å². The Morgan fingerprint density at radius 3 is 2.65 bits per heavy atom. The zero-order valence-electron chi connectivity index (χ0n) is 14.0. The van der Waals surface area contributed by atoms with Crippen LogP contribution >= 0.6 is 0 Å². The standard InChI is InChI=1S/C19H26N2O2/c1-15-6-5-7-17(20-15)14-16-10-12-21(13-11-16)19(22)23-18-8-3-2-4-9-18/h5-7,14,18H,2-4,8-13H2,1H3. The van der Waals surface area contributed by atoms with E-state index < -0.39 is 0 Å². The molecule has 2 fully saturated rings. The van der Waals surface area contributed by atoms with E-state index in [1.165, 1.54) is 24.8 Å². The van der Waals surface area contributed by atoms with Crippen LogP contribution in [0.15, 0.2) is 23.8 Å². The lowest BCUT2D eigenvalue weighted by Gasteiger charge is -2.30. The Labute approximate surface area is 138 Å². The van der Waals surface area contributed by atoms with Gasteiger partial charge in [-0.1, -0.05) is 18.1 Å². The molecule has 1 aliphatic heterocycles. The summed E-state index contributed by atoms with van der Waals surface area (Å²) in [7, 11) is 0. The molecular weight excluding hydrogens is 288 g/mol. The summed E-state index contributed by atoms with van der Waals surface area (Å²) < 4.78 is 5.66. The number of piperidine rings is 1. The molecule has 3 rings (SSSR count). The fourth-order valence-corrected chi connectivity index (χ4v) is 3.37. The van der Waals surface area contributed by atoms with Crippen molar-refractivity contribution in [3.8, 4) is 0 Å². The Hall–Kier alpha value is -1.84. The van der Waals surface area contributed by atoms with Gasteiger partial charge in [-0.05, 0) is 63.7 Å². The maximum atomic E-state index is 12.2. The second kappa shape index (κ2) is 7.62. The molecule has 1 saturated heterocycles. The molecule has 1 amide bonds. The number of amides is 1. The van der Waals surface area contributed by atoms with Crippen molar-refractivity contribution in [3.63, 3.8) is 0 Å². The van der Waals surface area contributed by atoms with Crippen LogP contribution in [0.5, 0.6) is 0 Å². The van der Waals surface area contributed by atoms with E-state index in [9.17, 15) is 4.79 Å². The van der Waals surface area contributed by atoms with Crippen molar-refractivity contribution in [3.05, 3.63) is 35.2 Å². The first-order chi connectivity index (χ1) is 11.2. The summed E-state index contributed by atoms with van der Waals surface area (Å²) in [5.41, 5.74) is 3.41. The topological polar surface area (TPSA) is 42.4 Å². The highest BCUT2D eigenvalue weighted by molar-refractivity contribution is 5.68. The van der Waals surface area contributed by atoms with Crippen LogP contribution in [0.25, 0.3) is 6.08 Å². The normalized spacial score (nSPS) is 19.5. The molecule has 0 radical (unpaired) electrons. The summed E-state index contributed by atoms with van der Waals surface area (Å²) >= 11 is 0. The van der Waals surface area contributed by atoms with Crippen molar-refractivity contribution in [2.75, 3.05) is 13.1 Å². The maximum Gasteiger partial charge on any atom is 0.410 e. The van der Waals surface area contributed by atoms with Crippen LogP contribution in [0.2, 0.25) is 0 Å². The first kappa shape index (κ1) is 16.0. The van der Waals surface area contributed by atoms with Crippen LogP contribution in [0.1, 0.15) is 56.3 Å². The van der Waals surface area contributed by atoms with Crippen LogP contribution < -0.4 is 0 Å². The molecule has 2 aliphatic rings. The monoisotopic (exact) mass is 314 g/mol. The largest absolute Gasteiger partial charge is 0.446 e. The summed E-state index contributed by atoms with van der Waals surface area (Å²) in [4.78, 5) is 18.6. The molecule has 0 atom stereocenters. The average molecular weight is 314 g/mol. The molecule has 2 heterocycles. The van der Waals surface area contributed by atoms with Crippen molar-refractivity contribution in [2.45, 2.75) is 58.0 Å². The third-order valence-electron chi connectivity index (χ3n) is 4.75. The number of hydrogen-bond acceptors (Lipinski definition) is 3. The van der Waals surface area contributed by atoms with Gasteiger partial charge in [0.05, 0.1) is 5.69 Å². The Morgan fingerprint density at radius 2 is 1.96 bits per heavy atom. The van der Waals surface area contributed by atoms with E-state index >= 15 is 0 Å². The fourth-order valence-electron chi connectivity index (χ4n) is 3.37. The molecule has 124 valence electrons. The van der Waals surface area contributed by atoms with Crippen molar-refractivity contribution in [1.29, 1.82) is 0 Å². The van der Waals surface area contributed by atoms with Gasteiger partial charge in [-0.2, -0.15) is 0 Å². The average Bonchev–Trinajstić information content (AvgIpc) is 2.56. The minimum absolute atomic E-state index is 0.121. The van der Waals surface area contributed by atoms with E-state index in [1.807, 2.05) is 30.0 Å². The number of aromatic nitrogens is 1. The minimum atomic E-state index is -0.121. The first-order valence-electron chi connectivity index (χ1n) is 8.79. The Balaban J connectivity index is 1.50. The smallest absolute Gasteiger partial charge is 0.410 e. The number of hydrogen-bond donors (Lipinski definition) is 0. The molecule has 4 heteroatoms. The Morgan fingerprint density at radius 1 is 1.22 bits per heavy atom. The van der Waals surface area contributed by atoms with E-state index in [4.69, 9.17) is 4.74 Å². The van der Waals surface area contributed by atoms with Gasteiger partial charge in [0, 0.05) is 18.8 Å². The lowest BCUT2D eigenvalue weighted by Crippen LogP contribution is -2.38. The second-order valence-corrected chi connectivity index (χ2v) is 6.64. The molecule has 1 saturated carbocycles. The number of pyridine rings is 1. The third-order valence-corrected chi connectivity index (χ3v) is 4.75. The molecule has 0 N–H and O–H groups in total. The molecule has 0 spiro atoms. The van der Waals surface area contributed by atoms with Gasteiger partial charge in [-0.15, -0.1) is 0 Å². The van der Waals surface area contributed by atoms with E-state index in [0.717, 1.165) is 50.2 Å². The predicted molar refractivity (Wildman–Crippen MR) is 91.1 cm³/mol. The molecule has 23 heavy (non-hydrogen) atoms. The van der Waals surface area contributed by atoms with Crippen molar-refractivity contribution in [1.82, 2.24) is 9.88 Å². The first-order valence-corrected chi connectivity index (χ1v) is 8.79. The van der Waals surface area contributed by atoms with Crippen LogP contribution in [-0.2, 0) is 4.74 Å². The summed E-state index contributed by atoms with van der Waals surface area (Å²) in [5, 5.41) is 0. The van der Waals surface area contributed by atoms with Gasteiger partial charge in [0.15, 0.2) is 0 Å². The number of nitrogens with zero attached hydrogens (tertiary/aromatic N) is 2. The molecule has 0 bridgehead atoms. The summed E-state index contributed by atoms with van der Waals surface area (Å²) in [6, 6.07) is 6.07. The molecule has 4 nitrogen and oxygen atoms in total. The number of rotatable bonds is 2. The highest BCUT2D eigenvalue weighted by Crippen LogP contribution is 2.23. The number of likely N-dealkylation sites (tertiary alicyclic amines) is 1. The van der Waals surface area contributed by atoms with Crippen molar-refractivity contribution >= 4 is 12.2 Å². The number of ether oxygens (including phenoxy) is 1. The zero-order chi connectivity index (χ0) is 16.1. The molecule has 1 aromatic heterocycles. The predicted octanol–water partition coefficient (Wildman–Crippen LogP) is 4.34. The summed E-state index contributed by atoms with van der Waals surface area (Å²) in [6.07, 6.45) is 9.73. The summed E-state index contributed by atoms with van der Waals surface area (Å²) in [5.74, 6) is 0.